The van der Waals surface area contributed by atoms with Gasteiger partial charge in [-0.1, -0.05) is 35.0 Å². The SMILES string of the molecule is Cc1c(Sc2ccc(Cl)c(Cl)c2)cc(N)cc1S(N)(=O)=O. The molecule has 0 unspecified atom stereocenters. The molecule has 4 nitrogen and oxygen atoms in total. The molecule has 0 aliphatic rings. The smallest absolute Gasteiger partial charge is 0.238 e. The van der Waals surface area contributed by atoms with Gasteiger partial charge in [0, 0.05) is 15.5 Å². The molecule has 0 bridgehead atoms. The second-order valence-corrected chi connectivity index (χ2v) is 7.82. The van der Waals surface area contributed by atoms with E-state index in [1.54, 1.807) is 31.2 Å². The minimum Gasteiger partial charge on any atom is -0.399 e. The lowest BCUT2D eigenvalue weighted by Gasteiger charge is -2.11. The van der Waals surface area contributed by atoms with Gasteiger partial charge in [0.1, 0.15) is 0 Å². The molecular weight excluding hydrogens is 351 g/mol. The zero-order valence-corrected chi connectivity index (χ0v) is 14.1. The second-order valence-electron chi connectivity index (χ2n) is 4.37. The van der Waals surface area contributed by atoms with Crippen LogP contribution >= 0.6 is 35.0 Å². The van der Waals surface area contributed by atoms with Crippen LogP contribution in [0.4, 0.5) is 5.69 Å². The first-order valence-electron chi connectivity index (χ1n) is 5.74. The summed E-state index contributed by atoms with van der Waals surface area (Å²) in [5.74, 6) is 0. The maximum absolute atomic E-state index is 11.6. The van der Waals surface area contributed by atoms with Crippen molar-refractivity contribution >= 4 is 50.7 Å². The molecule has 0 amide bonds. The zero-order valence-electron chi connectivity index (χ0n) is 10.9. The number of benzene rings is 2. The van der Waals surface area contributed by atoms with Crippen LogP contribution in [-0.4, -0.2) is 8.42 Å². The van der Waals surface area contributed by atoms with E-state index in [4.69, 9.17) is 34.1 Å². The summed E-state index contributed by atoms with van der Waals surface area (Å²) in [6, 6.07) is 8.21. The fraction of sp³-hybridized carbons (Fsp3) is 0.0769. The van der Waals surface area contributed by atoms with Gasteiger partial charge in [-0.25, -0.2) is 13.6 Å². The molecule has 4 N–H and O–H groups in total. The number of rotatable bonds is 3. The highest BCUT2D eigenvalue weighted by atomic mass is 35.5. The van der Waals surface area contributed by atoms with Crippen molar-refractivity contribution in [3.05, 3.63) is 45.9 Å². The van der Waals surface area contributed by atoms with Gasteiger partial charge in [0.15, 0.2) is 0 Å². The topological polar surface area (TPSA) is 86.2 Å². The van der Waals surface area contributed by atoms with E-state index in [9.17, 15) is 8.42 Å². The van der Waals surface area contributed by atoms with Crippen molar-refractivity contribution in [2.75, 3.05) is 5.73 Å². The van der Waals surface area contributed by atoms with Crippen molar-refractivity contribution in [1.82, 2.24) is 0 Å². The third kappa shape index (κ3) is 3.84. The monoisotopic (exact) mass is 362 g/mol. The van der Waals surface area contributed by atoms with Gasteiger partial charge in [0.25, 0.3) is 0 Å². The van der Waals surface area contributed by atoms with Gasteiger partial charge < -0.3 is 5.73 Å². The highest BCUT2D eigenvalue weighted by Crippen LogP contribution is 2.36. The lowest BCUT2D eigenvalue weighted by molar-refractivity contribution is 0.597. The van der Waals surface area contributed by atoms with Gasteiger partial charge in [0.2, 0.25) is 10.0 Å². The van der Waals surface area contributed by atoms with E-state index < -0.39 is 10.0 Å². The standard InChI is InChI=1S/C13H12Cl2N2O2S2/c1-7-12(4-8(16)5-13(7)21(17,18)19)20-9-2-3-10(14)11(15)6-9/h2-6H,16H2,1H3,(H2,17,18,19). The second kappa shape index (κ2) is 6.06. The largest absolute Gasteiger partial charge is 0.399 e. The van der Waals surface area contributed by atoms with Gasteiger partial charge >= 0.3 is 0 Å². The Labute approximate surface area is 137 Å². The first kappa shape index (κ1) is 16.5. The Morgan fingerprint density at radius 2 is 1.76 bits per heavy atom. The fourth-order valence-corrected chi connectivity index (χ4v) is 4.04. The number of sulfonamides is 1. The van der Waals surface area contributed by atoms with Crippen molar-refractivity contribution in [1.29, 1.82) is 0 Å². The van der Waals surface area contributed by atoms with E-state index in [-0.39, 0.29) is 4.90 Å². The molecule has 0 aliphatic carbocycles. The third-order valence-electron chi connectivity index (χ3n) is 2.76. The number of nitrogens with two attached hydrogens (primary N) is 2. The Kier molecular flexibility index (Phi) is 4.75. The van der Waals surface area contributed by atoms with Gasteiger partial charge in [-0.2, -0.15) is 0 Å². The van der Waals surface area contributed by atoms with Crippen molar-refractivity contribution in [3.63, 3.8) is 0 Å². The quantitative estimate of drug-likeness (QED) is 0.815. The molecule has 0 fully saturated rings. The Morgan fingerprint density at radius 1 is 1.10 bits per heavy atom. The maximum Gasteiger partial charge on any atom is 0.238 e. The highest BCUT2D eigenvalue weighted by molar-refractivity contribution is 7.99. The number of hydrogen-bond donors (Lipinski definition) is 2. The number of primary sulfonamides is 1. The number of anilines is 1. The summed E-state index contributed by atoms with van der Waals surface area (Å²) in [4.78, 5) is 1.53. The molecular formula is C13H12Cl2N2O2S2. The summed E-state index contributed by atoms with van der Waals surface area (Å²) in [5, 5.41) is 6.08. The van der Waals surface area contributed by atoms with Gasteiger partial charge in [-0.05, 0) is 42.8 Å². The molecule has 0 spiro atoms. The van der Waals surface area contributed by atoms with Gasteiger partial charge in [0.05, 0.1) is 14.9 Å². The average molecular weight is 363 g/mol. The molecule has 112 valence electrons. The Balaban J connectivity index is 2.49. The highest BCUT2D eigenvalue weighted by Gasteiger charge is 2.16. The van der Waals surface area contributed by atoms with E-state index in [2.05, 4.69) is 0 Å². The zero-order chi connectivity index (χ0) is 15.8. The predicted octanol–water partition coefficient (Wildman–Crippen LogP) is 3.68. The number of halogens is 2. The normalized spacial score (nSPS) is 11.6. The lowest BCUT2D eigenvalue weighted by Crippen LogP contribution is -2.14. The van der Waals surface area contributed by atoms with Crippen LogP contribution < -0.4 is 10.9 Å². The maximum atomic E-state index is 11.6. The third-order valence-corrected chi connectivity index (χ3v) is 5.67. The van der Waals surface area contributed by atoms with Crippen LogP contribution in [-0.2, 0) is 10.0 Å². The summed E-state index contributed by atoms with van der Waals surface area (Å²) in [5.41, 5.74) is 6.62. The van der Waals surface area contributed by atoms with Gasteiger partial charge in [-0.15, -0.1) is 0 Å². The molecule has 0 radical (unpaired) electrons. The first-order valence-corrected chi connectivity index (χ1v) is 8.86. The number of nitrogen functional groups attached to an aromatic ring is 1. The Hall–Kier alpha value is -0.920. The molecule has 0 atom stereocenters. The van der Waals surface area contributed by atoms with Gasteiger partial charge in [-0.3, -0.25) is 0 Å². The van der Waals surface area contributed by atoms with Crippen LogP contribution in [0.2, 0.25) is 10.0 Å². The molecule has 0 aromatic heterocycles. The summed E-state index contributed by atoms with van der Waals surface area (Å²) in [7, 11) is -3.83. The summed E-state index contributed by atoms with van der Waals surface area (Å²) >= 11 is 13.2. The van der Waals surface area contributed by atoms with E-state index in [0.717, 1.165) is 4.90 Å². The van der Waals surface area contributed by atoms with E-state index >= 15 is 0 Å². The summed E-state index contributed by atoms with van der Waals surface area (Å²) < 4.78 is 23.2. The van der Waals surface area contributed by atoms with Crippen molar-refractivity contribution < 1.29 is 8.42 Å². The molecule has 0 aliphatic heterocycles. The number of hydrogen-bond acceptors (Lipinski definition) is 4. The first-order chi connectivity index (χ1) is 9.68. The van der Waals surface area contributed by atoms with E-state index in [1.165, 1.54) is 17.8 Å². The summed E-state index contributed by atoms with van der Waals surface area (Å²) in [6.07, 6.45) is 0. The van der Waals surface area contributed by atoms with Crippen molar-refractivity contribution in [3.8, 4) is 0 Å². The summed E-state index contributed by atoms with van der Waals surface area (Å²) in [6.45, 7) is 1.68. The van der Waals surface area contributed by atoms with E-state index in [1.807, 2.05) is 0 Å². The minimum absolute atomic E-state index is 0.0186. The van der Waals surface area contributed by atoms with Crippen LogP contribution in [0, 0.1) is 6.92 Å². The Morgan fingerprint density at radius 3 is 2.33 bits per heavy atom. The van der Waals surface area contributed by atoms with Crippen LogP contribution in [0.15, 0.2) is 45.0 Å². The molecule has 2 aromatic rings. The average Bonchev–Trinajstić information content (AvgIpc) is 2.36. The van der Waals surface area contributed by atoms with Crippen molar-refractivity contribution in [2.45, 2.75) is 21.6 Å². The molecule has 8 heteroatoms. The molecule has 0 heterocycles. The molecule has 0 saturated heterocycles. The van der Waals surface area contributed by atoms with Crippen molar-refractivity contribution in [2.24, 2.45) is 5.14 Å². The molecule has 2 aromatic carbocycles. The lowest BCUT2D eigenvalue weighted by atomic mass is 10.2. The minimum atomic E-state index is -3.83. The predicted molar refractivity (Wildman–Crippen MR) is 87.5 cm³/mol. The molecule has 2 rings (SSSR count). The molecule has 21 heavy (non-hydrogen) atoms. The van der Waals surface area contributed by atoms with Crippen LogP contribution in [0.1, 0.15) is 5.56 Å². The van der Waals surface area contributed by atoms with Crippen LogP contribution in [0.3, 0.4) is 0 Å². The molecule has 0 saturated carbocycles. The van der Waals surface area contributed by atoms with E-state index in [0.29, 0.717) is 26.2 Å². The fourth-order valence-electron chi connectivity index (χ4n) is 1.75. The van der Waals surface area contributed by atoms with Crippen LogP contribution in [0.5, 0.6) is 0 Å². The Bertz CT molecular complexity index is 808. The van der Waals surface area contributed by atoms with Crippen LogP contribution in [0.25, 0.3) is 0 Å².